The molecule has 2 unspecified atom stereocenters. The van der Waals surface area contributed by atoms with Gasteiger partial charge >= 0.3 is 0 Å². The van der Waals surface area contributed by atoms with Crippen molar-refractivity contribution in [3.63, 3.8) is 0 Å². The Morgan fingerprint density at radius 3 is 2.80 bits per heavy atom. The molecule has 0 spiro atoms. The van der Waals surface area contributed by atoms with Crippen LogP contribution in [0.4, 0.5) is 0 Å². The third kappa shape index (κ3) is 6.17. The molecule has 1 aliphatic rings. The highest BCUT2D eigenvalue weighted by molar-refractivity contribution is 5.81. The fourth-order valence-electron chi connectivity index (χ4n) is 2.34. The summed E-state index contributed by atoms with van der Waals surface area (Å²) in [6.45, 7) is 5.61. The molecular formula is C18H28N4O3. The van der Waals surface area contributed by atoms with Gasteiger partial charge in [0.05, 0.1) is 6.54 Å². The van der Waals surface area contributed by atoms with Gasteiger partial charge in [-0.25, -0.2) is 0 Å². The molecule has 1 amide bonds. The first-order valence-electron chi connectivity index (χ1n) is 8.74. The van der Waals surface area contributed by atoms with Gasteiger partial charge in [-0.05, 0) is 25.5 Å². The zero-order valence-corrected chi connectivity index (χ0v) is 15.2. The average Bonchev–Trinajstić information content (AvgIpc) is 2.64. The van der Waals surface area contributed by atoms with E-state index in [1.54, 1.807) is 7.05 Å². The van der Waals surface area contributed by atoms with Crippen LogP contribution < -0.4 is 25.4 Å². The molecule has 0 saturated carbocycles. The molecule has 0 radical (unpaired) electrons. The van der Waals surface area contributed by atoms with Crippen LogP contribution in [0.2, 0.25) is 0 Å². The van der Waals surface area contributed by atoms with E-state index in [2.05, 4.69) is 20.9 Å². The largest absolute Gasteiger partial charge is 0.486 e. The van der Waals surface area contributed by atoms with E-state index in [0.717, 1.165) is 17.9 Å². The Morgan fingerprint density at radius 2 is 2.08 bits per heavy atom. The molecule has 0 saturated heterocycles. The predicted molar refractivity (Wildman–Crippen MR) is 98.2 cm³/mol. The van der Waals surface area contributed by atoms with Crippen LogP contribution in [0.1, 0.15) is 26.7 Å². The van der Waals surface area contributed by atoms with Gasteiger partial charge in [0.1, 0.15) is 12.7 Å². The minimum atomic E-state index is -0.0952. The fourth-order valence-corrected chi connectivity index (χ4v) is 2.34. The van der Waals surface area contributed by atoms with Gasteiger partial charge in [-0.2, -0.15) is 0 Å². The molecule has 1 aliphatic heterocycles. The van der Waals surface area contributed by atoms with Gasteiger partial charge < -0.3 is 25.4 Å². The van der Waals surface area contributed by atoms with Crippen LogP contribution in [0.25, 0.3) is 0 Å². The molecule has 138 valence electrons. The van der Waals surface area contributed by atoms with Crippen molar-refractivity contribution in [1.29, 1.82) is 0 Å². The first-order chi connectivity index (χ1) is 12.1. The summed E-state index contributed by atoms with van der Waals surface area (Å²) >= 11 is 0. The number of benzene rings is 1. The number of guanidine groups is 1. The summed E-state index contributed by atoms with van der Waals surface area (Å²) in [6.07, 6.45) is 1.23. The van der Waals surface area contributed by atoms with Gasteiger partial charge in [0.2, 0.25) is 5.91 Å². The summed E-state index contributed by atoms with van der Waals surface area (Å²) < 4.78 is 11.6. The van der Waals surface area contributed by atoms with Gasteiger partial charge in [-0.3, -0.25) is 9.79 Å². The lowest BCUT2D eigenvalue weighted by Crippen LogP contribution is -2.46. The Hall–Kier alpha value is -2.44. The summed E-state index contributed by atoms with van der Waals surface area (Å²) in [4.78, 5) is 15.9. The number of nitrogens with one attached hydrogen (secondary N) is 3. The van der Waals surface area contributed by atoms with E-state index < -0.39 is 0 Å². The second-order valence-corrected chi connectivity index (χ2v) is 6.00. The highest BCUT2D eigenvalue weighted by Crippen LogP contribution is 2.30. The SMILES string of the molecule is CCC(C)NC(=O)CCNC(=NC)NCC1COc2ccccc2O1. The number of carbonyl (C=O) groups excluding carboxylic acids is 1. The summed E-state index contributed by atoms with van der Waals surface area (Å²) in [5.74, 6) is 2.20. The van der Waals surface area contributed by atoms with Crippen LogP contribution in [0.5, 0.6) is 11.5 Å². The maximum atomic E-state index is 11.8. The first-order valence-corrected chi connectivity index (χ1v) is 8.74. The van der Waals surface area contributed by atoms with Crippen molar-refractivity contribution in [1.82, 2.24) is 16.0 Å². The van der Waals surface area contributed by atoms with Crippen LogP contribution in [-0.2, 0) is 4.79 Å². The van der Waals surface area contributed by atoms with Crippen LogP contribution >= 0.6 is 0 Å². The number of amides is 1. The van der Waals surface area contributed by atoms with Crippen LogP contribution in [0, 0.1) is 0 Å². The van der Waals surface area contributed by atoms with Crippen LogP contribution in [0.15, 0.2) is 29.3 Å². The lowest BCUT2D eigenvalue weighted by molar-refractivity contribution is -0.121. The molecule has 0 aliphatic carbocycles. The molecule has 1 aromatic carbocycles. The normalized spacial score (nSPS) is 17.6. The quantitative estimate of drug-likeness (QED) is 0.511. The van der Waals surface area contributed by atoms with Crippen molar-refractivity contribution in [2.24, 2.45) is 4.99 Å². The smallest absolute Gasteiger partial charge is 0.221 e. The van der Waals surface area contributed by atoms with Crippen molar-refractivity contribution >= 4 is 11.9 Å². The molecule has 0 fully saturated rings. The Bertz CT molecular complexity index is 591. The number of rotatable bonds is 7. The topological polar surface area (TPSA) is 84.0 Å². The third-order valence-electron chi connectivity index (χ3n) is 3.95. The van der Waals surface area contributed by atoms with Crippen molar-refractivity contribution in [3.8, 4) is 11.5 Å². The number of hydrogen-bond donors (Lipinski definition) is 3. The number of fused-ring (bicyclic) bond motifs is 1. The van der Waals surface area contributed by atoms with E-state index >= 15 is 0 Å². The molecule has 2 rings (SSSR count). The Morgan fingerprint density at radius 1 is 1.32 bits per heavy atom. The van der Waals surface area contributed by atoms with Gasteiger partial charge in [0.15, 0.2) is 17.5 Å². The molecule has 1 aromatic rings. The monoisotopic (exact) mass is 348 g/mol. The minimum absolute atomic E-state index is 0.0397. The minimum Gasteiger partial charge on any atom is -0.486 e. The predicted octanol–water partition coefficient (Wildman–Crippen LogP) is 1.30. The van der Waals surface area contributed by atoms with Crippen molar-refractivity contribution < 1.29 is 14.3 Å². The number of nitrogens with zero attached hydrogens (tertiary/aromatic N) is 1. The summed E-state index contributed by atoms with van der Waals surface area (Å²) in [6, 6.07) is 7.83. The van der Waals surface area contributed by atoms with E-state index in [1.165, 1.54) is 0 Å². The average molecular weight is 348 g/mol. The number of aliphatic imine (C=N–C) groups is 1. The fraction of sp³-hybridized carbons (Fsp3) is 0.556. The lowest BCUT2D eigenvalue weighted by atomic mass is 10.2. The Kier molecular flexibility index (Phi) is 7.37. The van der Waals surface area contributed by atoms with Gasteiger partial charge in [0, 0.05) is 26.1 Å². The Balaban J connectivity index is 1.68. The van der Waals surface area contributed by atoms with E-state index in [1.807, 2.05) is 38.1 Å². The van der Waals surface area contributed by atoms with Gasteiger partial charge in [0.25, 0.3) is 0 Å². The van der Waals surface area contributed by atoms with Gasteiger partial charge in [-0.15, -0.1) is 0 Å². The number of carbonyl (C=O) groups is 1. The van der Waals surface area contributed by atoms with Crippen molar-refractivity contribution in [2.75, 3.05) is 26.7 Å². The molecule has 0 aromatic heterocycles. The molecule has 0 bridgehead atoms. The lowest BCUT2D eigenvalue weighted by Gasteiger charge is -2.27. The zero-order valence-electron chi connectivity index (χ0n) is 15.2. The molecule has 1 heterocycles. The van der Waals surface area contributed by atoms with E-state index in [0.29, 0.717) is 32.1 Å². The molecule has 7 heteroatoms. The maximum Gasteiger partial charge on any atom is 0.221 e. The molecule has 7 nitrogen and oxygen atoms in total. The van der Waals surface area contributed by atoms with E-state index in [9.17, 15) is 4.79 Å². The maximum absolute atomic E-state index is 11.8. The summed E-state index contributed by atoms with van der Waals surface area (Å²) in [5, 5.41) is 9.27. The number of ether oxygens (including phenoxy) is 2. The first kappa shape index (κ1) is 18.9. The van der Waals surface area contributed by atoms with E-state index in [4.69, 9.17) is 9.47 Å². The summed E-state index contributed by atoms with van der Waals surface area (Å²) in [5.41, 5.74) is 0. The van der Waals surface area contributed by atoms with Crippen LogP contribution in [-0.4, -0.2) is 50.8 Å². The number of para-hydroxylation sites is 2. The standard InChI is InChI=1S/C18H28N4O3/c1-4-13(2)22-17(23)9-10-20-18(19-3)21-11-14-12-24-15-7-5-6-8-16(15)25-14/h5-8,13-14H,4,9-12H2,1-3H3,(H,22,23)(H2,19,20,21). The second-order valence-electron chi connectivity index (χ2n) is 6.00. The van der Waals surface area contributed by atoms with Crippen molar-refractivity contribution in [2.45, 2.75) is 38.8 Å². The molecular weight excluding hydrogens is 320 g/mol. The Labute approximate surface area is 149 Å². The van der Waals surface area contributed by atoms with Crippen LogP contribution in [0.3, 0.4) is 0 Å². The zero-order chi connectivity index (χ0) is 18.1. The molecule has 2 atom stereocenters. The molecule has 3 N–H and O–H groups in total. The highest BCUT2D eigenvalue weighted by atomic mass is 16.6. The number of hydrogen-bond acceptors (Lipinski definition) is 4. The van der Waals surface area contributed by atoms with Gasteiger partial charge in [-0.1, -0.05) is 19.1 Å². The summed E-state index contributed by atoms with van der Waals surface area (Å²) in [7, 11) is 1.70. The second kappa shape index (κ2) is 9.76. The van der Waals surface area contributed by atoms with Crippen molar-refractivity contribution in [3.05, 3.63) is 24.3 Å². The van der Waals surface area contributed by atoms with E-state index in [-0.39, 0.29) is 18.1 Å². The third-order valence-corrected chi connectivity index (χ3v) is 3.95. The molecule has 25 heavy (non-hydrogen) atoms. The highest BCUT2D eigenvalue weighted by Gasteiger charge is 2.20.